The Morgan fingerprint density at radius 3 is 2.68 bits per heavy atom. The number of carbonyl (C=O) groups is 1. The van der Waals surface area contributed by atoms with E-state index in [9.17, 15) is 4.79 Å². The molecule has 31 heavy (non-hydrogen) atoms. The number of nitrogens with zero attached hydrogens (tertiary/aromatic N) is 2. The Labute approximate surface area is 187 Å². The summed E-state index contributed by atoms with van der Waals surface area (Å²) in [5, 5.41) is 6.41. The van der Waals surface area contributed by atoms with Crippen LogP contribution in [0.3, 0.4) is 0 Å². The van der Waals surface area contributed by atoms with Gasteiger partial charge in [-0.05, 0) is 37.5 Å². The first-order valence-corrected chi connectivity index (χ1v) is 11.7. The van der Waals surface area contributed by atoms with Crippen molar-refractivity contribution < 1.29 is 9.53 Å². The number of nitrogens with one attached hydrogen (secondary N) is 1. The van der Waals surface area contributed by atoms with Crippen molar-refractivity contribution in [3.8, 4) is 17.0 Å². The van der Waals surface area contributed by atoms with Crippen LogP contribution < -0.4 is 10.1 Å². The summed E-state index contributed by atoms with van der Waals surface area (Å²) in [6, 6.07) is 18.3. The summed E-state index contributed by atoms with van der Waals surface area (Å²) in [7, 11) is 0. The summed E-state index contributed by atoms with van der Waals surface area (Å²) in [5.41, 5.74) is 3.02. The average molecular weight is 434 g/mol. The van der Waals surface area contributed by atoms with Gasteiger partial charge in [0.25, 0.3) is 0 Å². The van der Waals surface area contributed by atoms with E-state index in [1.54, 1.807) is 11.3 Å². The van der Waals surface area contributed by atoms with E-state index in [1.807, 2.05) is 36.4 Å². The minimum atomic E-state index is -0.0996. The van der Waals surface area contributed by atoms with Crippen LogP contribution in [0.15, 0.2) is 60.0 Å². The maximum absolute atomic E-state index is 12.1. The molecule has 1 saturated heterocycles. The van der Waals surface area contributed by atoms with Gasteiger partial charge in [0, 0.05) is 30.0 Å². The van der Waals surface area contributed by atoms with Crippen molar-refractivity contribution >= 4 is 17.2 Å². The summed E-state index contributed by atoms with van der Waals surface area (Å²) >= 11 is 1.68. The van der Waals surface area contributed by atoms with Gasteiger partial charge in [-0.3, -0.25) is 9.69 Å². The van der Waals surface area contributed by atoms with E-state index >= 15 is 0 Å². The highest BCUT2D eigenvalue weighted by Crippen LogP contribution is 2.33. The van der Waals surface area contributed by atoms with Gasteiger partial charge in [0.05, 0.1) is 17.8 Å². The number of amides is 1. The van der Waals surface area contributed by atoms with Crippen LogP contribution in [0.1, 0.15) is 30.3 Å². The van der Waals surface area contributed by atoms with Crippen LogP contribution in [0.2, 0.25) is 0 Å². The van der Waals surface area contributed by atoms with Gasteiger partial charge in [-0.1, -0.05) is 42.5 Å². The molecule has 1 aliphatic carbocycles. The Morgan fingerprint density at radius 2 is 1.90 bits per heavy atom. The van der Waals surface area contributed by atoms with Gasteiger partial charge in [-0.2, -0.15) is 0 Å². The number of carbonyl (C=O) groups excluding carboxylic acids is 1. The van der Waals surface area contributed by atoms with Gasteiger partial charge in [-0.25, -0.2) is 4.98 Å². The van der Waals surface area contributed by atoms with Crippen LogP contribution in [0.5, 0.6) is 5.75 Å². The largest absolute Gasteiger partial charge is 0.488 e. The lowest BCUT2D eigenvalue weighted by Gasteiger charge is -2.48. The minimum absolute atomic E-state index is 0.0996. The fourth-order valence-electron chi connectivity index (χ4n) is 4.11. The summed E-state index contributed by atoms with van der Waals surface area (Å²) in [5.74, 6) is 1.34. The molecule has 3 aromatic rings. The fraction of sp³-hybridized carbons (Fsp3) is 0.360. The Balaban J connectivity index is 1.20. The standard InChI is InChI=1S/C25H27N3O2S/c1-25(27-24(29)19-11-12-19)16-28(17-25)13-23-26-21(15-31-23)20-9-5-6-10-22(20)30-14-18-7-3-2-4-8-18/h2-10,15,19H,11-14,16-17H2,1H3,(H,27,29). The molecule has 2 aliphatic rings. The first kappa shape index (κ1) is 20.2. The molecule has 2 heterocycles. The van der Waals surface area contributed by atoms with Crippen LogP contribution in [0.25, 0.3) is 11.3 Å². The number of rotatable bonds is 8. The lowest BCUT2D eigenvalue weighted by Crippen LogP contribution is -2.68. The summed E-state index contributed by atoms with van der Waals surface area (Å²) < 4.78 is 6.10. The number of hydrogen-bond donors (Lipinski definition) is 1. The molecule has 160 valence electrons. The highest BCUT2D eigenvalue weighted by atomic mass is 32.1. The number of thiazole rings is 1. The molecule has 5 rings (SSSR count). The molecule has 0 bridgehead atoms. The quantitative estimate of drug-likeness (QED) is 0.569. The molecule has 1 saturated carbocycles. The molecular formula is C25H27N3O2S. The van der Waals surface area contributed by atoms with Crippen LogP contribution in [0, 0.1) is 5.92 Å². The topological polar surface area (TPSA) is 54.5 Å². The summed E-state index contributed by atoms with van der Waals surface area (Å²) in [6.07, 6.45) is 2.09. The monoisotopic (exact) mass is 433 g/mol. The predicted octanol–water partition coefficient (Wildman–Crippen LogP) is 4.49. The maximum atomic E-state index is 12.1. The van der Waals surface area contributed by atoms with E-state index in [2.05, 4.69) is 40.7 Å². The molecule has 2 aromatic carbocycles. The summed E-state index contributed by atoms with van der Waals surface area (Å²) in [4.78, 5) is 19.3. The smallest absolute Gasteiger partial charge is 0.223 e. The highest BCUT2D eigenvalue weighted by Gasteiger charge is 2.42. The van der Waals surface area contributed by atoms with Crippen molar-refractivity contribution in [1.82, 2.24) is 15.2 Å². The second kappa shape index (κ2) is 8.44. The van der Waals surface area contributed by atoms with Gasteiger partial charge in [0.15, 0.2) is 0 Å². The molecule has 1 aromatic heterocycles. The van der Waals surface area contributed by atoms with Crippen molar-refractivity contribution in [2.75, 3.05) is 13.1 Å². The Morgan fingerprint density at radius 1 is 1.16 bits per heavy atom. The highest BCUT2D eigenvalue weighted by molar-refractivity contribution is 7.09. The molecule has 0 radical (unpaired) electrons. The van der Waals surface area contributed by atoms with E-state index < -0.39 is 0 Å². The van der Waals surface area contributed by atoms with E-state index in [0.717, 1.165) is 60.1 Å². The number of benzene rings is 2. The Hall–Kier alpha value is -2.70. The predicted molar refractivity (Wildman–Crippen MR) is 123 cm³/mol. The van der Waals surface area contributed by atoms with E-state index in [4.69, 9.17) is 9.72 Å². The number of ether oxygens (including phenoxy) is 1. The second-order valence-electron chi connectivity index (χ2n) is 8.87. The van der Waals surface area contributed by atoms with Gasteiger partial charge >= 0.3 is 0 Å². The van der Waals surface area contributed by atoms with Crippen LogP contribution in [-0.4, -0.2) is 34.4 Å². The van der Waals surface area contributed by atoms with E-state index in [1.165, 1.54) is 0 Å². The lowest BCUT2D eigenvalue weighted by atomic mass is 9.92. The van der Waals surface area contributed by atoms with Gasteiger partial charge in [0.2, 0.25) is 5.91 Å². The lowest BCUT2D eigenvalue weighted by molar-refractivity contribution is -0.126. The molecule has 5 nitrogen and oxygen atoms in total. The molecule has 1 amide bonds. The maximum Gasteiger partial charge on any atom is 0.223 e. The van der Waals surface area contributed by atoms with Crippen molar-refractivity contribution in [2.45, 2.75) is 38.5 Å². The SMILES string of the molecule is CC1(NC(=O)C2CC2)CN(Cc2nc(-c3ccccc3OCc3ccccc3)cs2)C1. The number of para-hydroxylation sites is 1. The molecular weight excluding hydrogens is 406 g/mol. The molecule has 1 N–H and O–H groups in total. The Bertz CT molecular complexity index is 1060. The Kier molecular flexibility index (Phi) is 5.50. The molecule has 6 heteroatoms. The number of hydrogen-bond acceptors (Lipinski definition) is 5. The van der Waals surface area contributed by atoms with Crippen LogP contribution in [0.4, 0.5) is 0 Å². The van der Waals surface area contributed by atoms with E-state index in [0.29, 0.717) is 6.61 Å². The van der Waals surface area contributed by atoms with Crippen LogP contribution in [-0.2, 0) is 17.9 Å². The average Bonchev–Trinajstić information content (AvgIpc) is 3.52. The number of aromatic nitrogens is 1. The fourth-order valence-corrected chi connectivity index (χ4v) is 4.95. The third kappa shape index (κ3) is 4.81. The van der Waals surface area contributed by atoms with Crippen molar-refractivity contribution in [1.29, 1.82) is 0 Å². The first-order valence-electron chi connectivity index (χ1n) is 10.8. The zero-order chi connectivity index (χ0) is 21.3. The van der Waals surface area contributed by atoms with Crippen molar-refractivity contribution in [3.05, 3.63) is 70.5 Å². The van der Waals surface area contributed by atoms with Crippen molar-refractivity contribution in [3.63, 3.8) is 0 Å². The van der Waals surface area contributed by atoms with Gasteiger partial charge in [-0.15, -0.1) is 11.3 Å². The van der Waals surface area contributed by atoms with Gasteiger partial charge in [0.1, 0.15) is 17.4 Å². The van der Waals surface area contributed by atoms with Crippen LogP contribution >= 0.6 is 11.3 Å². The molecule has 2 fully saturated rings. The van der Waals surface area contributed by atoms with E-state index in [-0.39, 0.29) is 17.4 Å². The second-order valence-corrected chi connectivity index (χ2v) is 9.81. The molecule has 0 atom stereocenters. The molecule has 0 unspecified atom stereocenters. The summed E-state index contributed by atoms with van der Waals surface area (Å²) in [6.45, 7) is 5.23. The molecule has 0 spiro atoms. The third-order valence-electron chi connectivity index (χ3n) is 5.83. The van der Waals surface area contributed by atoms with Gasteiger partial charge < -0.3 is 10.1 Å². The van der Waals surface area contributed by atoms with Crippen molar-refractivity contribution in [2.24, 2.45) is 5.92 Å². The normalized spacial score (nSPS) is 17.7. The zero-order valence-corrected chi connectivity index (χ0v) is 18.5. The molecule has 1 aliphatic heterocycles. The third-order valence-corrected chi connectivity index (χ3v) is 6.66. The minimum Gasteiger partial charge on any atom is -0.488 e. The first-order chi connectivity index (χ1) is 15.1. The number of likely N-dealkylation sites (tertiary alicyclic amines) is 1. The zero-order valence-electron chi connectivity index (χ0n) is 17.7.